The second-order valence-electron chi connectivity index (χ2n) is 8.47. The topological polar surface area (TPSA) is 0 Å². The lowest BCUT2D eigenvalue weighted by Gasteiger charge is -2.18. The monoisotopic (exact) mass is 439 g/mol. The number of rotatable bonds is 1. The highest BCUT2D eigenvalue weighted by atomic mass is 14.2. The highest BCUT2D eigenvalue weighted by Crippen LogP contribution is 2.45. The second-order valence-corrected chi connectivity index (χ2v) is 8.47. The van der Waals surface area contributed by atoms with E-state index < -0.39 is 66.5 Å². The Bertz CT molecular complexity index is 2660. The summed E-state index contributed by atoms with van der Waals surface area (Å²) < 4.78 is 96.7. The molecule has 0 atom stereocenters. The minimum absolute atomic E-state index is 0.0152. The molecule has 0 spiro atoms. The van der Waals surface area contributed by atoms with E-state index in [1.54, 1.807) is 0 Å². The van der Waals surface area contributed by atoms with E-state index in [0.29, 0.717) is 5.56 Å². The van der Waals surface area contributed by atoms with Crippen molar-refractivity contribution in [1.29, 1.82) is 0 Å². The van der Waals surface area contributed by atoms with Gasteiger partial charge in [0.15, 0.2) is 0 Å². The van der Waals surface area contributed by atoms with E-state index in [1.165, 1.54) is 0 Å². The SMILES string of the molecule is [2H]c1c([2H])c([2H])c2c([2H])c3c(c([2H])c([2H])c4c([2H])c([2H])c([2H])c([2H])c43)c(-c3cc4cccc5ccc6cccc3c6c54)c2c1[2H]. The van der Waals surface area contributed by atoms with Crippen molar-refractivity contribution in [1.82, 2.24) is 0 Å². The molecule has 0 aromatic heterocycles. The number of hydrogen-bond acceptors (Lipinski definition) is 0. The first-order valence-electron chi connectivity index (χ1n) is 16.5. The van der Waals surface area contributed by atoms with E-state index in [-0.39, 0.29) is 37.9 Å². The molecule has 8 aromatic rings. The van der Waals surface area contributed by atoms with Crippen LogP contribution in [-0.4, -0.2) is 0 Å². The van der Waals surface area contributed by atoms with Gasteiger partial charge in [-0.1, -0.05) is 109 Å². The average Bonchev–Trinajstić information content (AvgIpc) is 3.04. The fourth-order valence-electron chi connectivity index (χ4n) is 5.30. The lowest BCUT2D eigenvalue weighted by Crippen LogP contribution is -1.91. The van der Waals surface area contributed by atoms with Crippen LogP contribution in [0, 0.1) is 0 Å². The van der Waals surface area contributed by atoms with E-state index in [0.717, 1.165) is 32.3 Å². The van der Waals surface area contributed by atoms with Crippen LogP contribution in [0.3, 0.4) is 0 Å². The number of hydrogen-bond donors (Lipinski definition) is 0. The molecule has 0 aliphatic rings. The van der Waals surface area contributed by atoms with Crippen molar-refractivity contribution in [2.24, 2.45) is 0 Å². The third kappa shape index (κ3) is 2.32. The molecule has 0 aliphatic carbocycles. The van der Waals surface area contributed by atoms with Crippen LogP contribution in [0.25, 0.3) is 75.8 Å². The lowest BCUT2D eigenvalue weighted by atomic mass is 9.85. The van der Waals surface area contributed by atoms with Crippen LogP contribution >= 0.6 is 0 Å². The van der Waals surface area contributed by atoms with Crippen molar-refractivity contribution in [3.05, 3.63) is 121 Å². The molecule has 156 valence electrons. The first kappa shape index (κ1) is 10.7. The fraction of sp³-hybridized carbons (Fsp3) is 0. The number of fused-ring (bicyclic) bond motifs is 4. The van der Waals surface area contributed by atoms with Gasteiger partial charge in [0.1, 0.15) is 0 Å². The third-order valence-corrected chi connectivity index (χ3v) is 6.71. The lowest BCUT2D eigenvalue weighted by molar-refractivity contribution is 1.73. The van der Waals surface area contributed by atoms with E-state index in [1.807, 2.05) is 54.6 Å². The smallest absolute Gasteiger partial charge is 0.0616 e. The summed E-state index contributed by atoms with van der Waals surface area (Å²) in [5, 5.41) is 4.98. The maximum Gasteiger partial charge on any atom is 0.0636 e. The zero-order valence-electron chi connectivity index (χ0n) is 28.7. The van der Waals surface area contributed by atoms with Gasteiger partial charge in [-0.25, -0.2) is 0 Å². The Kier molecular flexibility index (Phi) is 2.06. The van der Waals surface area contributed by atoms with Crippen LogP contribution in [0.2, 0.25) is 0 Å². The van der Waals surface area contributed by atoms with Gasteiger partial charge in [-0.2, -0.15) is 0 Å². The van der Waals surface area contributed by atoms with Gasteiger partial charge in [-0.15, -0.1) is 0 Å². The molecule has 0 heterocycles. The Hall–Kier alpha value is -4.42. The zero-order chi connectivity index (χ0) is 31.8. The van der Waals surface area contributed by atoms with Crippen molar-refractivity contribution in [2.45, 2.75) is 0 Å². The second kappa shape index (κ2) is 6.56. The summed E-state index contributed by atoms with van der Waals surface area (Å²) in [5.74, 6) is 0. The van der Waals surface area contributed by atoms with Crippen LogP contribution in [0.4, 0.5) is 0 Å². The van der Waals surface area contributed by atoms with Gasteiger partial charge in [-0.3, -0.25) is 0 Å². The molecular weight excluding hydrogens is 408 g/mol. The fourth-order valence-corrected chi connectivity index (χ4v) is 5.30. The molecule has 34 heavy (non-hydrogen) atoms. The Balaban J connectivity index is 1.78. The van der Waals surface area contributed by atoms with Crippen LogP contribution < -0.4 is 0 Å². The molecular formula is C34H20. The van der Waals surface area contributed by atoms with Crippen molar-refractivity contribution in [3.8, 4) is 11.1 Å². The molecule has 0 heteroatoms. The van der Waals surface area contributed by atoms with Crippen LogP contribution in [-0.2, 0) is 0 Å². The minimum Gasteiger partial charge on any atom is -0.0616 e. The van der Waals surface area contributed by atoms with Crippen molar-refractivity contribution in [3.63, 3.8) is 0 Å². The maximum absolute atomic E-state index is 9.35. The summed E-state index contributed by atoms with van der Waals surface area (Å²) in [6.07, 6.45) is 0. The van der Waals surface area contributed by atoms with E-state index in [2.05, 4.69) is 0 Å². The van der Waals surface area contributed by atoms with Gasteiger partial charge < -0.3 is 0 Å². The molecule has 0 unspecified atom stereocenters. The van der Waals surface area contributed by atoms with Crippen molar-refractivity contribution in [2.75, 3.05) is 0 Å². The van der Waals surface area contributed by atoms with Gasteiger partial charge in [0.25, 0.3) is 0 Å². The Morgan fingerprint density at radius 3 is 2.03 bits per heavy atom. The van der Waals surface area contributed by atoms with Crippen molar-refractivity contribution >= 4 is 64.6 Å². The molecule has 0 saturated heterocycles. The van der Waals surface area contributed by atoms with Gasteiger partial charge in [-0.05, 0) is 87.9 Å². The Morgan fingerprint density at radius 1 is 0.441 bits per heavy atom. The predicted octanol–water partition coefficient (Wildman–Crippen LogP) is 9.71. The average molecular weight is 440 g/mol. The Morgan fingerprint density at radius 2 is 1.15 bits per heavy atom. The van der Waals surface area contributed by atoms with Crippen LogP contribution in [0.15, 0.2) is 121 Å². The summed E-state index contributed by atoms with van der Waals surface area (Å²) >= 11 is 0. The normalized spacial score (nSPS) is 16.6. The molecule has 0 bridgehead atoms. The summed E-state index contributed by atoms with van der Waals surface area (Å²) in [4.78, 5) is 0. The zero-order valence-corrected chi connectivity index (χ0v) is 17.7. The standard InChI is InChI=1S/C34H20/c1-3-12-26-21(7-1)17-18-29-30(26)19-24-8-2-4-13-27(24)34(29)31-20-25-11-5-9-22-15-16-23-10-6-14-28(31)33(23)32(22)25/h1-20H/i1D,2D,3D,4D,7D,8D,12D,13D,17D,18D,19D. The van der Waals surface area contributed by atoms with E-state index in [9.17, 15) is 2.74 Å². The first-order chi connectivity index (χ1) is 21.5. The van der Waals surface area contributed by atoms with Gasteiger partial charge in [0, 0.05) is 0 Å². The van der Waals surface area contributed by atoms with E-state index in [4.69, 9.17) is 12.3 Å². The molecule has 0 amide bonds. The molecule has 0 N–H and O–H groups in total. The molecule has 8 aromatic carbocycles. The van der Waals surface area contributed by atoms with Gasteiger partial charge >= 0.3 is 0 Å². The highest BCUT2D eigenvalue weighted by Gasteiger charge is 2.17. The molecule has 0 fully saturated rings. The molecule has 0 saturated carbocycles. The van der Waals surface area contributed by atoms with Crippen LogP contribution in [0.1, 0.15) is 15.1 Å². The predicted molar refractivity (Wildman–Crippen MR) is 148 cm³/mol. The van der Waals surface area contributed by atoms with Crippen molar-refractivity contribution < 1.29 is 15.1 Å². The first-order valence-corrected chi connectivity index (χ1v) is 11.0. The van der Waals surface area contributed by atoms with E-state index >= 15 is 0 Å². The highest BCUT2D eigenvalue weighted by molar-refractivity contribution is 6.29. The molecule has 0 radical (unpaired) electrons. The van der Waals surface area contributed by atoms with Gasteiger partial charge in [0.05, 0.1) is 15.1 Å². The van der Waals surface area contributed by atoms with Gasteiger partial charge in [0.2, 0.25) is 0 Å². The molecule has 0 nitrogen and oxygen atoms in total. The molecule has 0 aliphatic heterocycles. The molecule has 8 rings (SSSR count). The third-order valence-electron chi connectivity index (χ3n) is 6.71. The maximum atomic E-state index is 9.35. The summed E-state index contributed by atoms with van der Waals surface area (Å²) in [7, 11) is 0. The quantitative estimate of drug-likeness (QED) is 0.176. The number of benzene rings is 8. The largest absolute Gasteiger partial charge is 0.0636 e. The summed E-state index contributed by atoms with van der Waals surface area (Å²) in [5.41, 5.74) is 0.745. The van der Waals surface area contributed by atoms with Crippen LogP contribution in [0.5, 0.6) is 0 Å². The summed E-state index contributed by atoms with van der Waals surface area (Å²) in [6.45, 7) is 0. The Labute approximate surface area is 212 Å². The minimum atomic E-state index is -0.569. The summed E-state index contributed by atoms with van der Waals surface area (Å²) in [6, 6.07) is 12.3.